The molecule has 0 bridgehead atoms. The van der Waals surface area contributed by atoms with E-state index >= 15 is 0 Å². The number of methoxy groups -OCH3 is 1. The molecule has 142 valence electrons. The highest BCUT2D eigenvalue weighted by molar-refractivity contribution is 6.22. The van der Waals surface area contributed by atoms with Crippen LogP contribution in [0.2, 0.25) is 0 Å². The smallest absolute Gasteiger partial charge is 0.146 e. The van der Waals surface area contributed by atoms with Crippen LogP contribution < -0.4 is 15.8 Å². The van der Waals surface area contributed by atoms with Crippen molar-refractivity contribution in [2.45, 2.75) is 13.8 Å². The van der Waals surface area contributed by atoms with Crippen LogP contribution in [0.4, 0.5) is 11.5 Å². The molecule has 0 radical (unpaired) electrons. The predicted molar refractivity (Wildman–Crippen MR) is 111 cm³/mol. The van der Waals surface area contributed by atoms with Crippen molar-refractivity contribution >= 4 is 33.8 Å². The van der Waals surface area contributed by atoms with E-state index in [-0.39, 0.29) is 1.43 Å². The molecule has 0 unspecified atom stereocenters. The fourth-order valence-electron chi connectivity index (χ4n) is 2.86. The van der Waals surface area contributed by atoms with Gasteiger partial charge in [0.15, 0.2) is 0 Å². The number of rotatable bonds is 5. The Kier molecular flexibility index (Phi) is 5.07. The van der Waals surface area contributed by atoms with Crippen LogP contribution in [0.25, 0.3) is 16.6 Å². The fourth-order valence-corrected chi connectivity index (χ4v) is 2.86. The first-order chi connectivity index (χ1) is 12.9. The van der Waals surface area contributed by atoms with E-state index in [1.54, 1.807) is 32.9 Å². The highest BCUT2D eigenvalue weighted by Gasteiger charge is 2.14. The summed E-state index contributed by atoms with van der Waals surface area (Å²) in [5.74, 6) is 1.31. The highest BCUT2D eigenvalue weighted by atomic mass is 16.5. The normalized spacial score (nSPS) is 12.9. The Hall–Kier alpha value is -3.42. The predicted octanol–water partition coefficient (Wildman–Crippen LogP) is 3.14. The number of aliphatic imine (C=N–C) groups is 1. The van der Waals surface area contributed by atoms with Gasteiger partial charge in [-0.2, -0.15) is 0 Å². The van der Waals surface area contributed by atoms with Gasteiger partial charge >= 0.3 is 0 Å². The lowest BCUT2D eigenvalue weighted by Crippen LogP contribution is -2.08. The van der Waals surface area contributed by atoms with E-state index in [2.05, 4.69) is 25.3 Å². The largest absolute Gasteiger partial charge is 0.494 e. The number of allylic oxidation sites excluding steroid dienone is 2. The number of aromatic nitrogens is 4. The lowest BCUT2D eigenvalue weighted by molar-refractivity contribution is 0.416. The Bertz CT molecular complexity index is 1050. The van der Waals surface area contributed by atoms with Crippen LogP contribution in [0.5, 0.6) is 5.75 Å². The Morgan fingerprint density at radius 3 is 2.67 bits per heavy atom. The number of aryl methyl sites for hydroxylation is 1. The molecule has 27 heavy (non-hydrogen) atoms. The second-order valence-electron chi connectivity index (χ2n) is 6.18. The zero-order chi connectivity index (χ0) is 19.6. The average Bonchev–Trinajstić information content (AvgIpc) is 3.03. The number of nitrogens with two attached hydrogens (primary N) is 1. The molecule has 0 aliphatic carbocycles. The van der Waals surface area contributed by atoms with Crippen molar-refractivity contribution in [3.63, 3.8) is 0 Å². The Balaban J connectivity index is 0.00000280. The lowest BCUT2D eigenvalue weighted by atomic mass is 10.0. The number of hydrogen-bond donors (Lipinski definition) is 2. The zero-order valence-corrected chi connectivity index (χ0v) is 16.1. The molecule has 0 saturated carbocycles. The molecule has 0 aliphatic heterocycles. The number of anilines is 2. The number of imidazole rings is 1. The SMILES string of the molecule is CN=C(C)/C(=C(/C)N)c1cc(OC)c(Nc2cc3c(cn2)ncn3C)cn1.[HH]. The first kappa shape index (κ1) is 18.4. The van der Waals surface area contributed by atoms with E-state index in [1.807, 2.05) is 37.6 Å². The number of pyridine rings is 2. The molecule has 3 aromatic heterocycles. The van der Waals surface area contributed by atoms with Gasteiger partial charge < -0.3 is 20.4 Å². The summed E-state index contributed by atoms with van der Waals surface area (Å²) in [5, 5.41) is 3.25. The lowest BCUT2D eigenvalue weighted by Gasteiger charge is -2.14. The number of hydrogen-bond acceptors (Lipinski definition) is 7. The van der Waals surface area contributed by atoms with Crippen LogP contribution in [0.1, 0.15) is 21.0 Å². The van der Waals surface area contributed by atoms with Gasteiger partial charge in [-0.05, 0) is 13.8 Å². The van der Waals surface area contributed by atoms with Gasteiger partial charge in [-0.3, -0.25) is 9.98 Å². The second kappa shape index (κ2) is 7.45. The van der Waals surface area contributed by atoms with Crippen molar-refractivity contribution in [3.05, 3.63) is 42.2 Å². The first-order valence-corrected chi connectivity index (χ1v) is 8.43. The maximum atomic E-state index is 6.04. The molecule has 0 spiro atoms. The van der Waals surface area contributed by atoms with Crippen molar-refractivity contribution in [3.8, 4) is 5.75 Å². The van der Waals surface area contributed by atoms with Gasteiger partial charge in [0, 0.05) is 44.6 Å². The molecule has 0 amide bonds. The Morgan fingerprint density at radius 1 is 1.22 bits per heavy atom. The molecule has 8 heteroatoms. The summed E-state index contributed by atoms with van der Waals surface area (Å²) in [6.45, 7) is 3.73. The van der Waals surface area contributed by atoms with Crippen molar-refractivity contribution in [1.82, 2.24) is 19.5 Å². The molecule has 0 atom stereocenters. The van der Waals surface area contributed by atoms with Crippen molar-refractivity contribution in [2.24, 2.45) is 17.8 Å². The molecule has 3 rings (SSSR count). The molecule has 3 heterocycles. The van der Waals surface area contributed by atoms with E-state index < -0.39 is 0 Å². The summed E-state index contributed by atoms with van der Waals surface area (Å²) < 4.78 is 7.49. The number of ether oxygens (including phenoxy) is 1. The quantitative estimate of drug-likeness (QED) is 0.672. The monoisotopic (exact) mass is 367 g/mol. The summed E-state index contributed by atoms with van der Waals surface area (Å²) in [7, 11) is 5.28. The molecule has 8 nitrogen and oxygen atoms in total. The maximum absolute atomic E-state index is 6.04. The van der Waals surface area contributed by atoms with E-state index in [0.717, 1.165) is 22.3 Å². The van der Waals surface area contributed by atoms with Gasteiger partial charge in [0.2, 0.25) is 0 Å². The number of nitrogens with one attached hydrogen (secondary N) is 1. The molecule has 0 aliphatic rings. The molecule has 0 aromatic carbocycles. The van der Waals surface area contributed by atoms with Gasteiger partial charge in [0.1, 0.15) is 22.8 Å². The minimum absolute atomic E-state index is 0. The van der Waals surface area contributed by atoms with Crippen LogP contribution in [0, 0.1) is 0 Å². The summed E-state index contributed by atoms with van der Waals surface area (Å²) >= 11 is 0. The molecular formula is C19H25N7O. The Labute approximate surface area is 159 Å². The third-order valence-corrected chi connectivity index (χ3v) is 4.31. The molecule has 3 aromatic rings. The average molecular weight is 367 g/mol. The maximum Gasteiger partial charge on any atom is 0.146 e. The van der Waals surface area contributed by atoms with Gasteiger partial charge in [-0.15, -0.1) is 0 Å². The van der Waals surface area contributed by atoms with E-state index in [0.29, 0.717) is 28.6 Å². The highest BCUT2D eigenvalue weighted by Crippen LogP contribution is 2.30. The van der Waals surface area contributed by atoms with Gasteiger partial charge in [0.05, 0.1) is 37.0 Å². The molecule has 0 saturated heterocycles. The van der Waals surface area contributed by atoms with Gasteiger partial charge in [-0.25, -0.2) is 9.97 Å². The number of fused-ring (bicyclic) bond motifs is 1. The fraction of sp³-hybridized carbons (Fsp3) is 0.263. The molecular weight excluding hydrogens is 342 g/mol. The second-order valence-corrected chi connectivity index (χ2v) is 6.18. The van der Waals surface area contributed by atoms with Crippen molar-refractivity contribution in [2.75, 3.05) is 19.5 Å². The minimum atomic E-state index is 0. The summed E-state index contributed by atoms with van der Waals surface area (Å²) in [4.78, 5) is 17.4. The van der Waals surface area contributed by atoms with Crippen LogP contribution >= 0.6 is 0 Å². The van der Waals surface area contributed by atoms with Gasteiger partial charge in [0.25, 0.3) is 0 Å². The van der Waals surface area contributed by atoms with Crippen LogP contribution in [0.3, 0.4) is 0 Å². The third kappa shape index (κ3) is 3.59. The van der Waals surface area contributed by atoms with E-state index in [1.165, 1.54) is 0 Å². The summed E-state index contributed by atoms with van der Waals surface area (Å²) in [6, 6.07) is 3.77. The Morgan fingerprint density at radius 2 is 2.00 bits per heavy atom. The standard InChI is InChI=1S/C19H23N7O.H2/c1-11(20)19(12(2)21-3)13-6-17(27-5)15(9-22-13)25-18-7-16-14(8-23-18)24-10-26(16)4;/h6-10H,20H2,1-5H3,(H,23,25);1H/b19-11+,21-12?;. The first-order valence-electron chi connectivity index (χ1n) is 8.43. The molecule has 3 N–H and O–H groups in total. The van der Waals surface area contributed by atoms with Crippen molar-refractivity contribution in [1.29, 1.82) is 0 Å². The third-order valence-electron chi connectivity index (χ3n) is 4.31. The van der Waals surface area contributed by atoms with Crippen LogP contribution in [-0.2, 0) is 7.05 Å². The van der Waals surface area contributed by atoms with Gasteiger partial charge in [-0.1, -0.05) is 0 Å². The number of nitrogens with zero attached hydrogens (tertiary/aromatic N) is 5. The van der Waals surface area contributed by atoms with Crippen LogP contribution in [-0.4, -0.2) is 39.4 Å². The minimum Gasteiger partial charge on any atom is -0.494 e. The molecule has 0 fully saturated rings. The summed E-state index contributed by atoms with van der Waals surface area (Å²) in [5.41, 5.74) is 11.5. The van der Waals surface area contributed by atoms with Crippen molar-refractivity contribution < 1.29 is 6.16 Å². The summed E-state index contributed by atoms with van der Waals surface area (Å²) in [6.07, 6.45) is 5.19. The van der Waals surface area contributed by atoms with Crippen LogP contribution in [0.15, 0.2) is 41.5 Å². The topological polar surface area (TPSA) is 103 Å². The van der Waals surface area contributed by atoms with E-state index in [4.69, 9.17) is 10.5 Å². The van der Waals surface area contributed by atoms with E-state index in [9.17, 15) is 0 Å². The zero-order valence-electron chi connectivity index (χ0n) is 16.1.